The van der Waals surface area contributed by atoms with E-state index in [9.17, 15) is 9.90 Å². The Morgan fingerprint density at radius 2 is 1.81 bits per heavy atom. The molecule has 0 spiro atoms. The molecule has 7 heteroatoms. The van der Waals surface area contributed by atoms with E-state index in [-0.39, 0.29) is 5.56 Å². The first-order valence-corrected chi connectivity index (χ1v) is 12.5. The highest BCUT2D eigenvalue weighted by atomic mass is 79.9. The Morgan fingerprint density at radius 3 is 2.58 bits per heavy atom. The summed E-state index contributed by atoms with van der Waals surface area (Å²) in [6, 6.07) is 23.0. The van der Waals surface area contributed by atoms with Crippen LogP contribution in [0.5, 0.6) is 0 Å². The van der Waals surface area contributed by atoms with Crippen LogP contribution < -0.4 is 0 Å². The summed E-state index contributed by atoms with van der Waals surface area (Å²) in [6.45, 7) is 3.08. The number of ether oxygens (including phenoxy) is 1. The van der Waals surface area contributed by atoms with Crippen molar-refractivity contribution < 1.29 is 19.1 Å². The van der Waals surface area contributed by atoms with Gasteiger partial charge in [0.2, 0.25) is 0 Å². The minimum Gasteiger partial charge on any atom is -0.478 e. The number of nitrogens with one attached hydrogen (secondary N) is 1. The smallest absolute Gasteiger partial charge is 0.336 e. The third-order valence-electron chi connectivity index (χ3n) is 6.21. The maximum atomic E-state index is 11.7. The SMILES string of the molecule is CCc1n[nH]c(COCc2ccccc2)c1Cc1ccc2oc(-c3ccccc3C(=O)O)c(Br)c2c1. The molecule has 182 valence electrons. The summed E-state index contributed by atoms with van der Waals surface area (Å²) in [5.74, 6) is -0.486. The van der Waals surface area contributed by atoms with E-state index < -0.39 is 5.97 Å². The van der Waals surface area contributed by atoms with Crippen LogP contribution in [-0.2, 0) is 30.8 Å². The van der Waals surface area contributed by atoms with Gasteiger partial charge in [0.15, 0.2) is 0 Å². The minimum atomic E-state index is -0.993. The number of carboxylic acid groups (broad SMARTS) is 1. The lowest BCUT2D eigenvalue weighted by Gasteiger charge is -2.08. The number of halogens is 1. The number of fused-ring (bicyclic) bond motifs is 1. The topological polar surface area (TPSA) is 88.4 Å². The molecule has 5 rings (SSSR count). The largest absolute Gasteiger partial charge is 0.478 e. The zero-order chi connectivity index (χ0) is 25.1. The standard InChI is InChI=1S/C29H25BrN2O4/c1-2-24-22(25(32-31-24)17-35-16-18-8-4-3-5-9-18)14-19-12-13-26-23(15-19)27(30)28(36-26)20-10-6-7-11-21(20)29(33)34/h3-13,15H,2,14,16-17H2,1H3,(H,31,32)(H,33,34). The van der Waals surface area contributed by atoms with Gasteiger partial charge in [-0.15, -0.1) is 0 Å². The number of carboxylic acids is 1. The predicted octanol–water partition coefficient (Wildman–Crippen LogP) is 7.15. The first-order chi connectivity index (χ1) is 17.5. The van der Waals surface area contributed by atoms with Crippen molar-refractivity contribution in [3.8, 4) is 11.3 Å². The van der Waals surface area contributed by atoms with Gasteiger partial charge in [-0.05, 0) is 51.7 Å². The van der Waals surface area contributed by atoms with Crippen molar-refractivity contribution in [3.05, 3.63) is 111 Å². The van der Waals surface area contributed by atoms with E-state index in [2.05, 4.69) is 39.1 Å². The van der Waals surface area contributed by atoms with Crippen molar-refractivity contribution in [2.75, 3.05) is 0 Å². The van der Waals surface area contributed by atoms with Gasteiger partial charge in [-0.2, -0.15) is 5.10 Å². The van der Waals surface area contributed by atoms with Crippen LogP contribution >= 0.6 is 15.9 Å². The van der Waals surface area contributed by atoms with Gasteiger partial charge < -0.3 is 14.3 Å². The van der Waals surface area contributed by atoms with Gasteiger partial charge in [0.25, 0.3) is 0 Å². The number of aryl methyl sites for hydroxylation is 1. The molecule has 0 fully saturated rings. The maximum absolute atomic E-state index is 11.7. The lowest BCUT2D eigenvalue weighted by atomic mass is 10.0. The summed E-state index contributed by atoms with van der Waals surface area (Å²) in [5.41, 5.74) is 6.79. The lowest BCUT2D eigenvalue weighted by molar-refractivity contribution is 0.0697. The first kappa shape index (κ1) is 24.0. The van der Waals surface area contributed by atoms with Crippen molar-refractivity contribution in [1.82, 2.24) is 10.2 Å². The normalized spacial score (nSPS) is 11.3. The number of carbonyl (C=O) groups is 1. The first-order valence-electron chi connectivity index (χ1n) is 11.8. The number of rotatable bonds is 9. The molecule has 0 saturated heterocycles. The van der Waals surface area contributed by atoms with Crippen molar-refractivity contribution in [1.29, 1.82) is 0 Å². The van der Waals surface area contributed by atoms with Crippen LogP contribution in [0.25, 0.3) is 22.3 Å². The van der Waals surface area contributed by atoms with Crippen molar-refractivity contribution in [2.24, 2.45) is 0 Å². The van der Waals surface area contributed by atoms with Gasteiger partial charge in [0.05, 0.1) is 34.6 Å². The Kier molecular flexibility index (Phi) is 7.02. The maximum Gasteiger partial charge on any atom is 0.336 e. The third-order valence-corrected chi connectivity index (χ3v) is 6.99. The third kappa shape index (κ3) is 4.85. The molecule has 5 aromatic rings. The molecule has 36 heavy (non-hydrogen) atoms. The predicted molar refractivity (Wildman–Crippen MR) is 142 cm³/mol. The Hall–Kier alpha value is -3.68. The molecular formula is C29H25BrN2O4. The number of aromatic amines is 1. The Morgan fingerprint density at radius 1 is 1.03 bits per heavy atom. The fraction of sp³-hybridized carbons (Fsp3) is 0.172. The van der Waals surface area contributed by atoms with E-state index in [0.29, 0.717) is 36.5 Å². The fourth-order valence-electron chi connectivity index (χ4n) is 4.38. The van der Waals surface area contributed by atoms with E-state index in [1.165, 1.54) is 0 Å². The second kappa shape index (κ2) is 10.5. The number of furan rings is 1. The highest BCUT2D eigenvalue weighted by Gasteiger charge is 2.20. The molecule has 0 radical (unpaired) electrons. The van der Waals surface area contributed by atoms with Gasteiger partial charge in [-0.25, -0.2) is 4.79 Å². The molecule has 0 aliphatic heterocycles. The van der Waals surface area contributed by atoms with E-state index in [1.54, 1.807) is 24.3 Å². The van der Waals surface area contributed by atoms with Gasteiger partial charge in [0.1, 0.15) is 11.3 Å². The quantitative estimate of drug-likeness (QED) is 0.205. The second-order valence-electron chi connectivity index (χ2n) is 8.56. The summed E-state index contributed by atoms with van der Waals surface area (Å²) in [5, 5.41) is 18.2. The molecule has 0 aliphatic carbocycles. The van der Waals surface area contributed by atoms with E-state index >= 15 is 0 Å². The summed E-state index contributed by atoms with van der Waals surface area (Å²) in [6.07, 6.45) is 1.51. The molecule has 0 aliphatic rings. The number of hydrogen-bond donors (Lipinski definition) is 2. The molecule has 0 saturated carbocycles. The van der Waals surface area contributed by atoms with Crippen LogP contribution in [-0.4, -0.2) is 21.3 Å². The van der Waals surface area contributed by atoms with Gasteiger partial charge >= 0.3 is 5.97 Å². The molecule has 2 aromatic heterocycles. The molecule has 0 bridgehead atoms. The average molecular weight is 545 g/mol. The Bertz CT molecular complexity index is 1520. The highest BCUT2D eigenvalue weighted by molar-refractivity contribution is 9.10. The van der Waals surface area contributed by atoms with Crippen LogP contribution in [0.4, 0.5) is 0 Å². The fourth-order valence-corrected chi connectivity index (χ4v) is 4.98. The van der Waals surface area contributed by atoms with Crippen LogP contribution in [0.2, 0.25) is 0 Å². The molecule has 2 heterocycles. The van der Waals surface area contributed by atoms with Crippen LogP contribution in [0.1, 0.15) is 45.4 Å². The van der Waals surface area contributed by atoms with Gasteiger partial charge in [0, 0.05) is 22.9 Å². The van der Waals surface area contributed by atoms with Crippen LogP contribution in [0, 0.1) is 0 Å². The van der Waals surface area contributed by atoms with Crippen LogP contribution in [0.15, 0.2) is 81.7 Å². The molecule has 6 nitrogen and oxygen atoms in total. The monoisotopic (exact) mass is 544 g/mol. The van der Waals surface area contributed by atoms with E-state index in [0.717, 1.165) is 44.4 Å². The molecular weight excluding hydrogens is 520 g/mol. The molecule has 0 amide bonds. The zero-order valence-corrected chi connectivity index (χ0v) is 21.3. The number of nitrogens with zero attached hydrogens (tertiary/aromatic N) is 1. The average Bonchev–Trinajstić information content (AvgIpc) is 3.44. The van der Waals surface area contributed by atoms with Gasteiger partial charge in [-0.1, -0.05) is 61.5 Å². The second-order valence-corrected chi connectivity index (χ2v) is 9.36. The van der Waals surface area contributed by atoms with Crippen molar-refractivity contribution >= 4 is 32.9 Å². The summed E-state index contributed by atoms with van der Waals surface area (Å²) in [4.78, 5) is 11.7. The number of H-pyrrole nitrogens is 1. The van der Waals surface area contributed by atoms with E-state index in [4.69, 9.17) is 9.15 Å². The Labute approximate surface area is 217 Å². The summed E-state index contributed by atoms with van der Waals surface area (Å²) < 4.78 is 12.8. The molecule has 0 unspecified atom stereocenters. The number of benzene rings is 3. The number of aromatic nitrogens is 2. The van der Waals surface area contributed by atoms with Crippen molar-refractivity contribution in [3.63, 3.8) is 0 Å². The Balaban J connectivity index is 1.42. The molecule has 0 atom stereocenters. The number of aromatic carboxylic acids is 1. The number of hydrogen-bond acceptors (Lipinski definition) is 4. The van der Waals surface area contributed by atoms with Crippen molar-refractivity contribution in [2.45, 2.75) is 33.0 Å². The minimum absolute atomic E-state index is 0.198. The summed E-state index contributed by atoms with van der Waals surface area (Å²) in [7, 11) is 0. The molecule has 2 N–H and O–H groups in total. The van der Waals surface area contributed by atoms with E-state index in [1.807, 2.05) is 42.5 Å². The molecule has 3 aromatic carbocycles. The van der Waals surface area contributed by atoms with Crippen LogP contribution in [0.3, 0.4) is 0 Å². The zero-order valence-electron chi connectivity index (χ0n) is 19.8. The summed E-state index contributed by atoms with van der Waals surface area (Å²) >= 11 is 3.66. The van der Waals surface area contributed by atoms with Gasteiger partial charge in [-0.3, -0.25) is 5.10 Å². The highest BCUT2D eigenvalue weighted by Crippen LogP contribution is 2.39. The lowest BCUT2D eigenvalue weighted by Crippen LogP contribution is -2.00.